The van der Waals surface area contributed by atoms with Crippen molar-refractivity contribution >= 4 is 23.4 Å². The van der Waals surface area contributed by atoms with Gasteiger partial charge in [-0.2, -0.15) is 0 Å². The number of Topliss-reactive ketones (excluding diaryl/α,β-unsaturated/α-hetero) is 2. The maximum Gasteiger partial charge on any atom is 0.305 e. The van der Waals surface area contributed by atoms with Gasteiger partial charge in [0.1, 0.15) is 28.9 Å². The van der Waals surface area contributed by atoms with Crippen LogP contribution in [0.5, 0.6) is 5.75 Å². The van der Waals surface area contributed by atoms with Crippen LogP contribution >= 0.6 is 0 Å². The number of ether oxygens (including phenoxy) is 2. The number of esters is 1. The second-order valence-corrected chi connectivity index (χ2v) is 12.8. The van der Waals surface area contributed by atoms with Crippen molar-refractivity contribution in [2.24, 2.45) is 17.6 Å². The Labute approximate surface area is 249 Å². The van der Waals surface area contributed by atoms with Crippen molar-refractivity contribution in [3.8, 4) is 5.75 Å². The molecule has 6 atom stereocenters. The van der Waals surface area contributed by atoms with Gasteiger partial charge in [0.2, 0.25) is 5.78 Å². The number of aliphatic hydroxyl groups is 3. The van der Waals surface area contributed by atoms with Gasteiger partial charge in [-0.25, -0.2) is 0 Å². The lowest BCUT2D eigenvalue weighted by atomic mass is 9.54. The number of hydrogen-bond acceptors (Lipinski definition) is 11. The number of carbonyl (C=O) groups is 4. The number of phenols is 1. The first-order valence-electron chi connectivity index (χ1n) is 14.1. The summed E-state index contributed by atoms with van der Waals surface area (Å²) < 4.78 is 11.3. The highest BCUT2D eigenvalue weighted by Crippen LogP contribution is 2.57. The fourth-order valence-electron chi connectivity index (χ4n) is 7.07. The first-order chi connectivity index (χ1) is 19.9. The van der Waals surface area contributed by atoms with E-state index in [9.17, 15) is 39.6 Å². The Morgan fingerprint density at radius 3 is 2.23 bits per heavy atom. The topological polar surface area (TPSA) is 197 Å². The minimum atomic E-state index is -2.99. The third kappa shape index (κ3) is 4.54. The number of carbonyl (C=O) groups excluding carboxylic acids is 4. The Kier molecular flexibility index (Phi) is 8.05. The smallest absolute Gasteiger partial charge is 0.305 e. The minimum absolute atomic E-state index is 0.0676. The van der Waals surface area contributed by atoms with E-state index in [1.165, 1.54) is 33.0 Å². The number of rotatable bonds is 6. The van der Waals surface area contributed by atoms with Gasteiger partial charge in [0, 0.05) is 30.6 Å². The summed E-state index contributed by atoms with van der Waals surface area (Å²) in [6, 6.07) is 0.408. The molecule has 0 aromatic heterocycles. The van der Waals surface area contributed by atoms with Crippen LogP contribution in [0.1, 0.15) is 74.0 Å². The molecule has 0 radical (unpaired) electrons. The number of primary amides is 1. The summed E-state index contributed by atoms with van der Waals surface area (Å²) >= 11 is 0. The Morgan fingerprint density at radius 2 is 1.74 bits per heavy atom. The maximum atomic E-state index is 14.4. The first-order valence-corrected chi connectivity index (χ1v) is 14.1. The zero-order valence-electron chi connectivity index (χ0n) is 25.6. The van der Waals surface area contributed by atoms with E-state index >= 15 is 0 Å². The highest BCUT2D eigenvalue weighted by molar-refractivity contribution is 6.25. The molecule has 0 saturated carbocycles. The largest absolute Gasteiger partial charge is 0.510 e. The fourth-order valence-corrected chi connectivity index (χ4v) is 7.07. The number of benzene rings is 1. The molecule has 0 spiro atoms. The molecule has 234 valence electrons. The number of nitrogens with two attached hydrogens (primary N) is 1. The van der Waals surface area contributed by atoms with Crippen LogP contribution in [0.15, 0.2) is 28.7 Å². The lowest BCUT2D eigenvalue weighted by Crippen LogP contribution is -2.69. The summed E-state index contributed by atoms with van der Waals surface area (Å²) in [5.41, 5.74) is 1.74. The number of methoxy groups -OCH3 is 1. The van der Waals surface area contributed by atoms with Crippen molar-refractivity contribution in [2.75, 3.05) is 21.2 Å². The highest BCUT2D eigenvalue weighted by Gasteiger charge is 2.68. The second-order valence-electron chi connectivity index (χ2n) is 12.8. The van der Waals surface area contributed by atoms with Gasteiger partial charge in [0.25, 0.3) is 5.91 Å². The molecule has 4 rings (SSSR count). The number of hydrogen-bond donors (Lipinski definition) is 5. The second kappa shape index (κ2) is 10.8. The minimum Gasteiger partial charge on any atom is -0.510 e. The molecule has 6 N–H and O–H groups in total. The average molecular weight is 601 g/mol. The molecule has 3 aliphatic carbocycles. The van der Waals surface area contributed by atoms with Gasteiger partial charge in [-0.3, -0.25) is 24.1 Å². The third-order valence-electron chi connectivity index (χ3n) is 8.95. The number of ketones is 2. The molecular weight excluding hydrogens is 560 g/mol. The van der Waals surface area contributed by atoms with Crippen molar-refractivity contribution in [1.82, 2.24) is 4.90 Å². The van der Waals surface area contributed by atoms with Gasteiger partial charge in [-0.15, -0.1) is 0 Å². The predicted molar refractivity (Wildman–Crippen MR) is 153 cm³/mol. The Balaban J connectivity index is 2.16. The van der Waals surface area contributed by atoms with E-state index in [1.54, 1.807) is 13.0 Å². The van der Waals surface area contributed by atoms with Gasteiger partial charge < -0.3 is 35.6 Å². The molecule has 1 amide bonds. The molecule has 1 aromatic carbocycles. The summed E-state index contributed by atoms with van der Waals surface area (Å²) in [6.45, 7) is 8.87. The number of aromatic hydroxyl groups is 1. The van der Waals surface area contributed by atoms with Crippen LogP contribution in [0, 0.1) is 11.8 Å². The molecule has 12 heteroatoms. The molecule has 0 heterocycles. The molecular formula is C31H40N2O10. The van der Waals surface area contributed by atoms with E-state index in [-0.39, 0.29) is 24.3 Å². The number of amides is 1. The normalized spacial score (nSPS) is 28.9. The van der Waals surface area contributed by atoms with Gasteiger partial charge in [0.15, 0.2) is 11.4 Å². The SMILES string of the molecule is CCC(=O)O[C@@H]1[C@@H]2C(=C(O)[C@@]3(O)C(=O)C(C(N)=O)=C(O)[C@@H](N(C)C)[C@H]13)C(=O)c1c(O)c(C(C)(C)C)cc(COC)c1[C@@H]2C. The number of fused-ring (bicyclic) bond motifs is 3. The van der Waals surface area contributed by atoms with Crippen LogP contribution in [0.25, 0.3) is 0 Å². The summed E-state index contributed by atoms with van der Waals surface area (Å²) in [6.07, 6.45) is -1.55. The number of likely N-dealkylation sites (N-methyl/N-ethyl adjacent to an activating group) is 1. The monoisotopic (exact) mass is 600 g/mol. The van der Waals surface area contributed by atoms with E-state index < -0.39 is 87.0 Å². The van der Waals surface area contributed by atoms with Crippen molar-refractivity contribution < 1.29 is 49.1 Å². The summed E-state index contributed by atoms with van der Waals surface area (Å²) in [7, 11) is 4.48. The lowest BCUT2D eigenvalue weighted by molar-refractivity contribution is -0.180. The molecule has 0 fully saturated rings. The van der Waals surface area contributed by atoms with Gasteiger partial charge in [0.05, 0.1) is 24.1 Å². The van der Waals surface area contributed by atoms with Crippen molar-refractivity contribution in [2.45, 2.75) is 76.7 Å². The van der Waals surface area contributed by atoms with E-state index in [4.69, 9.17) is 15.2 Å². The van der Waals surface area contributed by atoms with Crippen molar-refractivity contribution in [1.29, 1.82) is 0 Å². The highest BCUT2D eigenvalue weighted by atomic mass is 16.5. The molecule has 0 bridgehead atoms. The van der Waals surface area contributed by atoms with Crippen LogP contribution in [-0.2, 0) is 35.9 Å². The molecule has 43 heavy (non-hydrogen) atoms. The number of nitrogens with zero attached hydrogens (tertiary/aromatic N) is 1. The quantitative estimate of drug-likeness (QED) is 0.237. The Hall–Kier alpha value is -3.74. The maximum absolute atomic E-state index is 14.4. The standard InChI is InChI=1S/C31H40N2O10/c1-9-15(34)43-26-17-12(2)16-13(11-42-8)10-14(30(3,4)5)23(35)18(16)24(36)19(17)27(38)31(41)21(26)22(33(6)7)25(37)20(28(31)39)29(32)40/h10,12,17,21-22,26,35,37-38,41H,9,11H2,1-8H3,(H2,32,40)/t12-,17-,21+,22-,26+,31+/m0/s1. The zero-order valence-corrected chi connectivity index (χ0v) is 25.6. The molecule has 0 saturated heterocycles. The predicted octanol–water partition coefficient (Wildman–Crippen LogP) is 2.06. The van der Waals surface area contributed by atoms with Crippen LogP contribution in [0.2, 0.25) is 0 Å². The van der Waals surface area contributed by atoms with E-state index in [1.807, 2.05) is 20.8 Å². The Bertz CT molecular complexity index is 1480. The fraction of sp³-hybridized carbons (Fsp3) is 0.548. The van der Waals surface area contributed by atoms with E-state index in [0.29, 0.717) is 16.7 Å². The molecule has 0 aliphatic heterocycles. The van der Waals surface area contributed by atoms with Crippen molar-refractivity contribution in [3.63, 3.8) is 0 Å². The van der Waals surface area contributed by atoms with Gasteiger partial charge >= 0.3 is 5.97 Å². The molecule has 12 nitrogen and oxygen atoms in total. The van der Waals surface area contributed by atoms with Crippen LogP contribution in [0.3, 0.4) is 0 Å². The number of aliphatic hydroxyl groups excluding tert-OH is 2. The third-order valence-corrected chi connectivity index (χ3v) is 8.95. The van der Waals surface area contributed by atoms with Crippen LogP contribution in [-0.4, -0.2) is 87.7 Å². The zero-order chi connectivity index (χ0) is 32.5. The Morgan fingerprint density at radius 1 is 1.14 bits per heavy atom. The molecule has 1 aromatic rings. The molecule has 3 aliphatic rings. The van der Waals surface area contributed by atoms with Gasteiger partial charge in [-0.1, -0.05) is 34.6 Å². The van der Waals surface area contributed by atoms with Gasteiger partial charge in [-0.05, 0) is 42.6 Å². The number of phenolic OH excluding ortho intramolecular Hbond substituents is 1. The van der Waals surface area contributed by atoms with Crippen molar-refractivity contribution in [3.05, 3.63) is 51.0 Å². The lowest BCUT2D eigenvalue weighted by Gasteiger charge is -2.54. The summed E-state index contributed by atoms with van der Waals surface area (Å²) in [5, 5.41) is 46.6. The van der Waals surface area contributed by atoms with Crippen LogP contribution < -0.4 is 5.73 Å². The summed E-state index contributed by atoms with van der Waals surface area (Å²) in [5.74, 6) is -9.96. The van der Waals surface area contributed by atoms with E-state index in [2.05, 4.69) is 0 Å². The van der Waals surface area contributed by atoms with Crippen LogP contribution in [0.4, 0.5) is 0 Å². The summed E-state index contributed by atoms with van der Waals surface area (Å²) in [4.78, 5) is 54.9. The molecule has 0 unspecified atom stereocenters. The van der Waals surface area contributed by atoms with E-state index in [0.717, 1.165) is 0 Å². The average Bonchev–Trinajstić information content (AvgIpc) is 2.90. The first kappa shape index (κ1) is 32.2.